The second-order valence-corrected chi connectivity index (χ2v) is 12.4. The molecule has 1 heterocycles. The molecule has 0 N–H and O–H groups in total. The molecule has 5 aromatic carbocycles. The summed E-state index contributed by atoms with van der Waals surface area (Å²) < 4.78 is 8.91. The fraction of sp³-hybridized carbons (Fsp3) is 0.143. The van der Waals surface area contributed by atoms with Crippen LogP contribution in [0.3, 0.4) is 0 Å². The van der Waals surface area contributed by atoms with Crippen LogP contribution in [0.4, 0.5) is 0 Å². The highest BCUT2D eigenvalue weighted by molar-refractivity contribution is 9.10. The molecule has 3 unspecified atom stereocenters. The normalized spacial score (nSPS) is 19.4. The van der Waals surface area contributed by atoms with E-state index in [-0.39, 0.29) is 17.9 Å². The van der Waals surface area contributed by atoms with Gasteiger partial charge in [0.25, 0.3) is 0 Å². The van der Waals surface area contributed by atoms with Crippen LogP contribution in [0.25, 0.3) is 28.0 Å². The first-order valence-corrected chi connectivity index (χ1v) is 14.6. The molecule has 0 amide bonds. The first kappa shape index (κ1) is 23.9. The standard InChI is InChI=1S/C35H26Br2O/c1-20-15-21(2)17-26(16-20)22-3-5-25(6-4-22)33-34-29-18-27(36)11-7-23(29)9-13-31(34)38-32-14-10-24-8-12-28(37)19-30(24)35(32)33/h3-19,31,33-34H,1-2H3. The Kier molecular flexibility index (Phi) is 5.83. The molecule has 0 bridgehead atoms. The molecule has 0 radical (unpaired) electrons. The van der Waals surface area contributed by atoms with Crippen LogP contribution < -0.4 is 4.74 Å². The Hall–Kier alpha value is -3.14. The maximum absolute atomic E-state index is 6.73. The molecule has 0 fully saturated rings. The molecule has 38 heavy (non-hydrogen) atoms. The van der Waals surface area contributed by atoms with Crippen LogP contribution in [0, 0.1) is 13.8 Å². The van der Waals surface area contributed by atoms with E-state index >= 15 is 0 Å². The third-order valence-corrected chi connectivity index (χ3v) is 8.96. The topological polar surface area (TPSA) is 9.23 Å². The van der Waals surface area contributed by atoms with Crippen molar-refractivity contribution in [2.45, 2.75) is 31.8 Å². The van der Waals surface area contributed by atoms with E-state index in [1.165, 1.54) is 55.3 Å². The van der Waals surface area contributed by atoms with Crippen molar-refractivity contribution in [1.29, 1.82) is 0 Å². The molecule has 5 aromatic rings. The van der Waals surface area contributed by atoms with Gasteiger partial charge >= 0.3 is 0 Å². The SMILES string of the molecule is Cc1cc(C)cc(-c2ccc(C3c4c(ccc5ccc(Br)cc45)OC4C=Cc5ccc(Br)cc5C43)cc2)c1. The molecular formula is C35H26Br2O. The lowest BCUT2D eigenvalue weighted by atomic mass is 9.68. The van der Waals surface area contributed by atoms with Crippen molar-refractivity contribution in [3.63, 3.8) is 0 Å². The van der Waals surface area contributed by atoms with Gasteiger partial charge in [0.1, 0.15) is 11.9 Å². The van der Waals surface area contributed by atoms with Gasteiger partial charge < -0.3 is 4.74 Å². The highest BCUT2D eigenvalue weighted by Gasteiger charge is 2.42. The average molecular weight is 622 g/mol. The van der Waals surface area contributed by atoms with Crippen LogP contribution in [-0.2, 0) is 0 Å². The molecule has 1 aliphatic carbocycles. The van der Waals surface area contributed by atoms with Crippen molar-refractivity contribution in [3.8, 4) is 16.9 Å². The number of rotatable bonds is 2. The Balaban J connectivity index is 1.45. The summed E-state index contributed by atoms with van der Waals surface area (Å²) in [6, 6.07) is 33.5. The number of aryl methyl sites for hydroxylation is 2. The monoisotopic (exact) mass is 620 g/mol. The Morgan fingerprint density at radius 2 is 1.39 bits per heavy atom. The van der Waals surface area contributed by atoms with Crippen molar-refractivity contribution in [2.75, 3.05) is 0 Å². The molecule has 0 aromatic heterocycles. The third kappa shape index (κ3) is 4.04. The zero-order chi connectivity index (χ0) is 26.0. The molecule has 3 heteroatoms. The average Bonchev–Trinajstić information content (AvgIpc) is 2.91. The number of halogens is 2. The number of fused-ring (bicyclic) bond motifs is 6. The summed E-state index contributed by atoms with van der Waals surface area (Å²) in [5, 5.41) is 2.47. The molecule has 0 saturated heterocycles. The van der Waals surface area contributed by atoms with Crippen LogP contribution in [0.15, 0.2) is 106 Å². The molecule has 3 atom stereocenters. The Morgan fingerprint density at radius 1 is 0.684 bits per heavy atom. The zero-order valence-corrected chi connectivity index (χ0v) is 24.4. The Morgan fingerprint density at radius 3 is 2.18 bits per heavy atom. The van der Waals surface area contributed by atoms with Gasteiger partial charge in [-0.3, -0.25) is 0 Å². The maximum Gasteiger partial charge on any atom is 0.125 e. The highest BCUT2D eigenvalue weighted by atomic mass is 79.9. The highest BCUT2D eigenvalue weighted by Crippen LogP contribution is 2.54. The van der Waals surface area contributed by atoms with E-state index in [0.717, 1.165) is 14.7 Å². The van der Waals surface area contributed by atoms with E-state index in [1.807, 2.05) is 0 Å². The summed E-state index contributed by atoms with van der Waals surface area (Å²) >= 11 is 7.47. The largest absolute Gasteiger partial charge is 0.485 e. The van der Waals surface area contributed by atoms with Crippen LogP contribution in [0.2, 0.25) is 0 Å². The maximum atomic E-state index is 6.73. The van der Waals surface area contributed by atoms with Gasteiger partial charge in [-0.25, -0.2) is 0 Å². The van der Waals surface area contributed by atoms with E-state index < -0.39 is 0 Å². The fourth-order valence-electron chi connectivity index (χ4n) is 6.41. The molecule has 0 saturated carbocycles. The van der Waals surface area contributed by atoms with Gasteiger partial charge in [0.05, 0.1) is 0 Å². The molecule has 7 rings (SSSR count). The summed E-state index contributed by atoms with van der Waals surface area (Å²) in [6.07, 6.45) is 4.43. The first-order valence-electron chi connectivity index (χ1n) is 13.0. The fourth-order valence-corrected chi connectivity index (χ4v) is 7.15. The molecule has 1 aliphatic heterocycles. The summed E-state index contributed by atoms with van der Waals surface area (Å²) in [4.78, 5) is 0. The lowest BCUT2D eigenvalue weighted by molar-refractivity contribution is 0.181. The summed E-state index contributed by atoms with van der Waals surface area (Å²) in [6.45, 7) is 4.33. The minimum atomic E-state index is -0.0296. The Bertz CT molecular complexity index is 1730. The number of hydrogen-bond donors (Lipinski definition) is 0. The molecular weight excluding hydrogens is 596 g/mol. The van der Waals surface area contributed by atoms with Crippen molar-refractivity contribution in [2.24, 2.45) is 0 Å². The van der Waals surface area contributed by atoms with Crippen LogP contribution in [-0.4, -0.2) is 6.10 Å². The minimum absolute atomic E-state index is 0.0296. The van der Waals surface area contributed by atoms with E-state index in [9.17, 15) is 0 Å². The van der Waals surface area contributed by atoms with Gasteiger partial charge in [-0.15, -0.1) is 0 Å². The van der Waals surface area contributed by atoms with Crippen LogP contribution >= 0.6 is 31.9 Å². The number of hydrogen-bond acceptors (Lipinski definition) is 1. The summed E-state index contributed by atoms with van der Waals surface area (Å²) in [5.74, 6) is 1.29. The van der Waals surface area contributed by atoms with Gasteiger partial charge in [0.15, 0.2) is 0 Å². The lowest BCUT2D eigenvalue weighted by Crippen LogP contribution is -2.35. The second-order valence-electron chi connectivity index (χ2n) is 10.6. The summed E-state index contributed by atoms with van der Waals surface area (Å²) in [7, 11) is 0. The molecule has 1 nitrogen and oxygen atoms in total. The van der Waals surface area contributed by atoms with Crippen LogP contribution in [0.1, 0.15) is 45.2 Å². The first-order chi connectivity index (χ1) is 18.4. The van der Waals surface area contributed by atoms with Crippen molar-refractivity contribution < 1.29 is 4.74 Å². The second kappa shape index (κ2) is 9.25. The van der Waals surface area contributed by atoms with Gasteiger partial charge in [-0.2, -0.15) is 0 Å². The number of ether oxygens (including phenoxy) is 1. The van der Waals surface area contributed by atoms with Gasteiger partial charge in [-0.1, -0.05) is 110 Å². The van der Waals surface area contributed by atoms with Crippen LogP contribution in [0.5, 0.6) is 5.75 Å². The van der Waals surface area contributed by atoms with Crippen molar-refractivity contribution in [3.05, 3.63) is 139 Å². The van der Waals surface area contributed by atoms with E-state index in [4.69, 9.17) is 4.74 Å². The van der Waals surface area contributed by atoms with Gasteiger partial charge in [-0.05, 0) is 88.8 Å². The molecule has 0 spiro atoms. The number of benzene rings is 5. The summed E-state index contributed by atoms with van der Waals surface area (Å²) in [5.41, 5.74) is 10.3. The van der Waals surface area contributed by atoms with E-state index in [1.54, 1.807) is 0 Å². The third-order valence-electron chi connectivity index (χ3n) is 7.97. The quantitative estimate of drug-likeness (QED) is 0.190. The van der Waals surface area contributed by atoms with E-state index in [0.29, 0.717) is 0 Å². The molecule has 2 aliphatic rings. The Labute approximate surface area is 240 Å². The smallest absolute Gasteiger partial charge is 0.125 e. The lowest BCUT2D eigenvalue weighted by Gasteiger charge is -2.42. The van der Waals surface area contributed by atoms with Crippen molar-refractivity contribution >= 4 is 48.7 Å². The van der Waals surface area contributed by atoms with Gasteiger partial charge in [0.2, 0.25) is 0 Å². The predicted molar refractivity (Wildman–Crippen MR) is 165 cm³/mol. The minimum Gasteiger partial charge on any atom is -0.485 e. The van der Waals surface area contributed by atoms with Crippen molar-refractivity contribution in [1.82, 2.24) is 0 Å². The molecule has 186 valence electrons. The predicted octanol–water partition coefficient (Wildman–Crippen LogP) is 10.4. The zero-order valence-electron chi connectivity index (χ0n) is 21.2. The van der Waals surface area contributed by atoms with E-state index in [2.05, 4.69) is 149 Å². The van der Waals surface area contributed by atoms with Gasteiger partial charge in [0, 0.05) is 26.3 Å².